The second kappa shape index (κ2) is 9.07. The van der Waals surface area contributed by atoms with Crippen molar-refractivity contribution in [2.24, 2.45) is 10.8 Å². The fourth-order valence-corrected chi connectivity index (χ4v) is 2.40. The van der Waals surface area contributed by atoms with Crippen LogP contribution in [0.25, 0.3) is 6.08 Å². The number of rotatable bonds is 3. The van der Waals surface area contributed by atoms with E-state index in [9.17, 15) is 0 Å². The molecular weight excluding hydrogens is 252 g/mol. The first-order chi connectivity index (χ1) is 9.13. The first-order valence-corrected chi connectivity index (χ1v) is 7.86. The molecule has 0 bridgehead atoms. The standard InChI is InChI=1S/C18H28.C2H6.CH4/c1-8-14-9-11-15(12-10-14)16(18(5,6)7)13-17(2,3)4;1-2;/h8-12,16H,1,13H2,2-7H3;1-2H3;1H4. The molecule has 1 aromatic rings. The second-order valence-corrected chi connectivity index (χ2v) is 7.55. The zero-order valence-corrected chi connectivity index (χ0v) is 14.9. The maximum absolute atomic E-state index is 3.81. The highest BCUT2D eigenvalue weighted by Gasteiger charge is 2.30. The summed E-state index contributed by atoms with van der Waals surface area (Å²) in [6.07, 6.45) is 3.11. The van der Waals surface area contributed by atoms with Crippen molar-refractivity contribution < 1.29 is 0 Å². The summed E-state index contributed by atoms with van der Waals surface area (Å²) in [5.41, 5.74) is 3.29. The highest BCUT2D eigenvalue weighted by molar-refractivity contribution is 5.47. The Labute approximate surface area is 134 Å². The maximum Gasteiger partial charge on any atom is -0.0108 e. The lowest BCUT2D eigenvalue weighted by Crippen LogP contribution is -2.23. The molecule has 0 radical (unpaired) electrons. The number of benzene rings is 1. The van der Waals surface area contributed by atoms with Gasteiger partial charge in [-0.25, -0.2) is 0 Å². The molecule has 0 spiro atoms. The average molecular weight is 291 g/mol. The molecule has 0 saturated carbocycles. The molecule has 1 rings (SSSR count). The van der Waals surface area contributed by atoms with Crippen molar-refractivity contribution in [3.8, 4) is 0 Å². The SMILES string of the molecule is C.C=Cc1ccc(C(CC(C)(C)C)C(C)(C)C)cc1.CC. The van der Waals surface area contributed by atoms with Crippen LogP contribution in [0.5, 0.6) is 0 Å². The van der Waals surface area contributed by atoms with Gasteiger partial charge in [0.15, 0.2) is 0 Å². The molecule has 1 atom stereocenters. The van der Waals surface area contributed by atoms with Gasteiger partial charge in [-0.2, -0.15) is 0 Å². The van der Waals surface area contributed by atoms with Crippen molar-refractivity contribution in [2.45, 2.75) is 75.2 Å². The molecule has 0 heteroatoms. The average Bonchev–Trinajstić information content (AvgIpc) is 2.36. The van der Waals surface area contributed by atoms with Gasteiger partial charge in [-0.05, 0) is 34.3 Å². The highest BCUT2D eigenvalue weighted by Crippen LogP contribution is 2.42. The van der Waals surface area contributed by atoms with E-state index >= 15 is 0 Å². The van der Waals surface area contributed by atoms with E-state index in [-0.39, 0.29) is 7.43 Å². The Morgan fingerprint density at radius 2 is 1.38 bits per heavy atom. The lowest BCUT2D eigenvalue weighted by Gasteiger charge is -2.36. The predicted octanol–water partition coefficient (Wildman–Crippen LogP) is 7.56. The number of hydrogen-bond acceptors (Lipinski definition) is 0. The fourth-order valence-electron chi connectivity index (χ4n) is 2.40. The van der Waals surface area contributed by atoms with Gasteiger partial charge in [-0.1, -0.05) is 99.7 Å². The van der Waals surface area contributed by atoms with Gasteiger partial charge in [-0.3, -0.25) is 0 Å². The van der Waals surface area contributed by atoms with Crippen LogP contribution >= 0.6 is 0 Å². The lowest BCUT2D eigenvalue weighted by atomic mass is 9.69. The Hall–Kier alpha value is -1.04. The highest BCUT2D eigenvalue weighted by atomic mass is 14.3. The Bertz CT molecular complexity index is 382. The maximum atomic E-state index is 3.81. The Kier molecular flexibility index (Phi) is 9.61. The topological polar surface area (TPSA) is 0 Å². The molecule has 0 saturated heterocycles. The summed E-state index contributed by atoms with van der Waals surface area (Å²) in [5, 5.41) is 0. The Morgan fingerprint density at radius 1 is 0.952 bits per heavy atom. The van der Waals surface area contributed by atoms with Crippen molar-refractivity contribution in [1.29, 1.82) is 0 Å². The van der Waals surface area contributed by atoms with Crippen molar-refractivity contribution >= 4 is 6.08 Å². The van der Waals surface area contributed by atoms with E-state index in [2.05, 4.69) is 72.4 Å². The molecule has 0 fully saturated rings. The quantitative estimate of drug-likeness (QED) is 0.539. The minimum absolute atomic E-state index is 0. The van der Waals surface area contributed by atoms with E-state index in [0.717, 1.165) is 0 Å². The molecule has 21 heavy (non-hydrogen) atoms. The largest absolute Gasteiger partial charge is 0.0985 e. The summed E-state index contributed by atoms with van der Waals surface area (Å²) in [7, 11) is 0. The fraction of sp³-hybridized carbons (Fsp3) is 0.619. The number of hydrogen-bond donors (Lipinski definition) is 0. The Balaban J connectivity index is 0. The van der Waals surface area contributed by atoms with Gasteiger partial charge in [0.25, 0.3) is 0 Å². The molecule has 0 nitrogen and oxygen atoms in total. The van der Waals surface area contributed by atoms with Gasteiger partial charge in [0, 0.05) is 0 Å². The van der Waals surface area contributed by atoms with Crippen molar-refractivity contribution in [3.05, 3.63) is 42.0 Å². The minimum Gasteiger partial charge on any atom is -0.0985 e. The van der Waals surface area contributed by atoms with Crippen LogP contribution in [0.2, 0.25) is 0 Å². The molecule has 0 aliphatic carbocycles. The summed E-state index contributed by atoms with van der Waals surface area (Å²) in [6.45, 7) is 21.8. The monoisotopic (exact) mass is 290 g/mol. The van der Waals surface area contributed by atoms with Gasteiger partial charge >= 0.3 is 0 Å². The van der Waals surface area contributed by atoms with Crippen LogP contribution in [-0.4, -0.2) is 0 Å². The summed E-state index contributed by atoms with van der Waals surface area (Å²) in [5.74, 6) is 0.594. The third kappa shape index (κ3) is 8.09. The van der Waals surface area contributed by atoms with Crippen molar-refractivity contribution in [2.75, 3.05) is 0 Å². The second-order valence-electron chi connectivity index (χ2n) is 7.55. The molecule has 1 unspecified atom stereocenters. The zero-order valence-electron chi connectivity index (χ0n) is 14.9. The summed E-state index contributed by atoms with van der Waals surface area (Å²) in [4.78, 5) is 0. The smallest absolute Gasteiger partial charge is 0.0108 e. The molecule has 0 heterocycles. The lowest BCUT2D eigenvalue weighted by molar-refractivity contribution is 0.229. The summed E-state index contributed by atoms with van der Waals surface area (Å²) >= 11 is 0. The van der Waals surface area contributed by atoms with E-state index in [0.29, 0.717) is 16.7 Å². The molecule has 1 aromatic carbocycles. The van der Waals surface area contributed by atoms with E-state index in [1.807, 2.05) is 19.9 Å². The Morgan fingerprint density at radius 3 is 1.67 bits per heavy atom. The molecule has 0 aromatic heterocycles. The molecule has 0 aliphatic heterocycles. The van der Waals surface area contributed by atoms with E-state index in [4.69, 9.17) is 0 Å². The van der Waals surface area contributed by atoms with Gasteiger partial charge in [0.2, 0.25) is 0 Å². The van der Waals surface area contributed by atoms with Crippen molar-refractivity contribution in [3.63, 3.8) is 0 Å². The molecule has 0 aliphatic rings. The predicted molar refractivity (Wildman–Crippen MR) is 101 cm³/mol. The van der Waals surface area contributed by atoms with Crippen LogP contribution in [-0.2, 0) is 0 Å². The van der Waals surface area contributed by atoms with Crippen LogP contribution < -0.4 is 0 Å². The van der Waals surface area contributed by atoms with Crippen LogP contribution in [0.3, 0.4) is 0 Å². The molecular formula is C21H38. The van der Waals surface area contributed by atoms with Gasteiger partial charge in [0.05, 0.1) is 0 Å². The van der Waals surface area contributed by atoms with Crippen LogP contribution in [0, 0.1) is 10.8 Å². The van der Waals surface area contributed by atoms with Gasteiger partial charge < -0.3 is 0 Å². The van der Waals surface area contributed by atoms with Crippen molar-refractivity contribution in [1.82, 2.24) is 0 Å². The van der Waals surface area contributed by atoms with Crippen LogP contribution in [0.1, 0.15) is 86.3 Å². The van der Waals surface area contributed by atoms with Gasteiger partial charge in [0.1, 0.15) is 0 Å². The van der Waals surface area contributed by atoms with E-state index < -0.39 is 0 Å². The van der Waals surface area contributed by atoms with Crippen LogP contribution in [0.15, 0.2) is 30.8 Å². The van der Waals surface area contributed by atoms with Crippen LogP contribution in [0.4, 0.5) is 0 Å². The zero-order chi connectivity index (χ0) is 16.0. The van der Waals surface area contributed by atoms with E-state index in [1.54, 1.807) is 0 Å². The molecule has 0 amide bonds. The molecule has 0 N–H and O–H groups in total. The van der Waals surface area contributed by atoms with Gasteiger partial charge in [-0.15, -0.1) is 0 Å². The molecule has 122 valence electrons. The first kappa shape index (κ1) is 22.2. The first-order valence-electron chi connectivity index (χ1n) is 7.86. The van der Waals surface area contributed by atoms with E-state index in [1.165, 1.54) is 17.5 Å². The summed E-state index contributed by atoms with van der Waals surface area (Å²) in [6, 6.07) is 8.87. The third-order valence-corrected chi connectivity index (χ3v) is 3.44. The normalized spacial score (nSPS) is 12.6. The third-order valence-electron chi connectivity index (χ3n) is 3.44. The minimum atomic E-state index is 0. The summed E-state index contributed by atoms with van der Waals surface area (Å²) < 4.78 is 0.